The summed E-state index contributed by atoms with van der Waals surface area (Å²) in [6.07, 6.45) is 2.98. The van der Waals surface area contributed by atoms with E-state index in [0.717, 1.165) is 54.4 Å². The SMILES string of the molecule is CN(c1cnc(-c2ccc(Cl)cc2)c(-c2ccc(Cl)cc2)n1)C1CCN(Cc2ccccc2)C1. The fourth-order valence-electron chi connectivity index (χ4n) is 4.48. The van der Waals surface area contributed by atoms with E-state index in [1.807, 2.05) is 54.7 Å². The van der Waals surface area contributed by atoms with E-state index in [1.54, 1.807) is 0 Å². The van der Waals surface area contributed by atoms with Crippen molar-refractivity contribution in [3.63, 3.8) is 0 Å². The number of hydrogen-bond acceptors (Lipinski definition) is 4. The van der Waals surface area contributed by atoms with Gasteiger partial charge in [0.25, 0.3) is 0 Å². The van der Waals surface area contributed by atoms with Gasteiger partial charge in [0.15, 0.2) is 0 Å². The second-order valence-electron chi connectivity index (χ2n) is 8.71. The molecule has 2 heterocycles. The summed E-state index contributed by atoms with van der Waals surface area (Å²) in [6.45, 7) is 3.05. The van der Waals surface area contributed by atoms with Crippen molar-refractivity contribution in [1.29, 1.82) is 0 Å². The molecule has 172 valence electrons. The second-order valence-corrected chi connectivity index (χ2v) is 9.59. The van der Waals surface area contributed by atoms with E-state index in [9.17, 15) is 0 Å². The molecule has 1 aliphatic rings. The molecule has 1 atom stereocenters. The first-order chi connectivity index (χ1) is 16.6. The fourth-order valence-corrected chi connectivity index (χ4v) is 4.73. The zero-order chi connectivity index (χ0) is 23.5. The van der Waals surface area contributed by atoms with Crippen molar-refractivity contribution in [3.8, 4) is 22.5 Å². The molecule has 6 heteroatoms. The molecule has 1 aromatic heterocycles. The van der Waals surface area contributed by atoms with Gasteiger partial charge in [-0.1, -0.05) is 77.8 Å². The Hall–Kier alpha value is -2.92. The quantitative estimate of drug-likeness (QED) is 0.297. The van der Waals surface area contributed by atoms with Crippen LogP contribution in [-0.4, -0.2) is 41.0 Å². The first-order valence-corrected chi connectivity index (χ1v) is 12.2. The normalized spacial score (nSPS) is 16.0. The molecule has 3 aromatic carbocycles. The van der Waals surface area contributed by atoms with Gasteiger partial charge in [0.2, 0.25) is 0 Å². The Balaban J connectivity index is 1.42. The van der Waals surface area contributed by atoms with Crippen LogP contribution in [0.2, 0.25) is 10.0 Å². The highest BCUT2D eigenvalue weighted by Crippen LogP contribution is 2.32. The molecule has 1 fully saturated rings. The highest BCUT2D eigenvalue weighted by atomic mass is 35.5. The predicted molar refractivity (Wildman–Crippen MR) is 141 cm³/mol. The van der Waals surface area contributed by atoms with E-state index in [0.29, 0.717) is 16.1 Å². The Morgan fingerprint density at radius 3 is 2.12 bits per heavy atom. The number of likely N-dealkylation sites (tertiary alicyclic amines) is 1. The zero-order valence-corrected chi connectivity index (χ0v) is 20.5. The number of nitrogens with zero attached hydrogens (tertiary/aromatic N) is 4. The summed E-state index contributed by atoms with van der Waals surface area (Å²) in [7, 11) is 2.12. The molecule has 0 amide bonds. The zero-order valence-electron chi connectivity index (χ0n) is 19.0. The maximum absolute atomic E-state index is 6.15. The van der Waals surface area contributed by atoms with Crippen molar-refractivity contribution in [2.75, 3.05) is 25.0 Å². The van der Waals surface area contributed by atoms with Crippen LogP contribution in [-0.2, 0) is 6.54 Å². The molecule has 1 unspecified atom stereocenters. The molecule has 0 radical (unpaired) electrons. The predicted octanol–water partition coefficient (Wildman–Crippen LogP) is 6.83. The number of anilines is 1. The Labute approximate surface area is 210 Å². The van der Waals surface area contributed by atoms with Gasteiger partial charge in [-0.25, -0.2) is 4.98 Å². The Morgan fingerprint density at radius 2 is 1.47 bits per heavy atom. The van der Waals surface area contributed by atoms with Crippen LogP contribution in [0, 0.1) is 0 Å². The number of rotatable bonds is 6. The molecular weight excluding hydrogens is 463 g/mol. The molecule has 0 saturated carbocycles. The maximum atomic E-state index is 6.15. The standard InChI is InChI=1S/C28H26Cl2N4/c1-33(25-15-16-34(19-25)18-20-5-3-2-4-6-20)26-17-31-27(21-7-11-23(29)12-8-21)28(32-26)22-9-13-24(30)14-10-22/h2-14,17,25H,15-16,18-19H2,1H3. The van der Waals surface area contributed by atoms with Gasteiger partial charge in [-0.2, -0.15) is 0 Å². The smallest absolute Gasteiger partial charge is 0.147 e. The molecule has 4 aromatic rings. The van der Waals surface area contributed by atoms with Gasteiger partial charge >= 0.3 is 0 Å². The lowest BCUT2D eigenvalue weighted by Gasteiger charge is -2.26. The van der Waals surface area contributed by atoms with Crippen molar-refractivity contribution >= 4 is 29.0 Å². The van der Waals surface area contributed by atoms with E-state index >= 15 is 0 Å². The van der Waals surface area contributed by atoms with Crippen LogP contribution >= 0.6 is 23.2 Å². The van der Waals surface area contributed by atoms with E-state index in [2.05, 4.69) is 47.2 Å². The van der Waals surface area contributed by atoms with Crippen LogP contribution in [0.25, 0.3) is 22.5 Å². The van der Waals surface area contributed by atoms with Crippen LogP contribution < -0.4 is 4.90 Å². The fraction of sp³-hybridized carbons (Fsp3) is 0.214. The lowest BCUT2D eigenvalue weighted by Crippen LogP contribution is -2.35. The van der Waals surface area contributed by atoms with Crippen molar-refractivity contribution in [1.82, 2.24) is 14.9 Å². The van der Waals surface area contributed by atoms with Gasteiger partial charge in [0, 0.05) is 53.9 Å². The third-order valence-electron chi connectivity index (χ3n) is 6.40. The van der Waals surface area contributed by atoms with Gasteiger partial charge < -0.3 is 4.90 Å². The number of hydrogen-bond donors (Lipinski definition) is 0. The Kier molecular flexibility index (Phi) is 6.82. The van der Waals surface area contributed by atoms with Gasteiger partial charge in [-0.15, -0.1) is 0 Å². The van der Waals surface area contributed by atoms with Gasteiger partial charge in [0.05, 0.1) is 17.6 Å². The number of benzene rings is 3. The van der Waals surface area contributed by atoms with E-state index in [-0.39, 0.29) is 0 Å². The monoisotopic (exact) mass is 488 g/mol. The lowest BCUT2D eigenvalue weighted by atomic mass is 10.0. The van der Waals surface area contributed by atoms with Crippen LogP contribution in [0.15, 0.2) is 85.1 Å². The van der Waals surface area contributed by atoms with Gasteiger partial charge in [-0.05, 0) is 36.2 Å². The largest absolute Gasteiger partial charge is 0.354 e. The second kappa shape index (κ2) is 10.1. The molecule has 1 aliphatic heterocycles. The molecule has 0 N–H and O–H groups in total. The average molecular weight is 489 g/mol. The molecule has 34 heavy (non-hydrogen) atoms. The van der Waals surface area contributed by atoms with E-state index in [1.165, 1.54) is 5.56 Å². The molecular formula is C28H26Cl2N4. The number of likely N-dealkylation sites (N-methyl/N-ethyl adjacent to an activating group) is 1. The summed E-state index contributed by atoms with van der Waals surface area (Å²) in [5.74, 6) is 0.870. The molecule has 5 rings (SSSR count). The van der Waals surface area contributed by atoms with Gasteiger partial charge in [-0.3, -0.25) is 9.88 Å². The van der Waals surface area contributed by atoms with Crippen molar-refractivity contribution in [2.24, 2.45) is 0 Å². The summed E-state index contributed by atoms with van der Waals surface area (Å²) in [5.41, 5.74) is 4.97. The summed E-state index contributed by atoms with van der Waals surface area (Å²) < 4.78 is 0. The first kappa shape index (κ1) is 22.9. The van der Waals surface area contributed by atoms with Crippen LogP contribution in [0.1, 0.15) is 12.0 Å². The van der Waals surface area contributed by atoms with E-state index < -0.39 is 0 Å². The first-order valence-electron chi connectivity index (χ1n) is 11.4. The van der Waals surface area contributed by atoms with E-state index in [4.69, 9.17) is 33.2 Å². The molecule has 4 nitrogen and oxygen atoms in total. The molecule has 0 aliphatic carbocycles. The average Bonchev–Trinajstić information content (AvgIpc) is 3.33. The van der Waals surface area contributed by atoms with Crippen molar-refractivity contribution in [2.45, 2.75) is 19.0 Å². The summed E-state index contributed by atoms with van der Waals surface area (Å²) in [5, 5.41) is 1.39. The molecule has 0 bridgehead atoms. The topological polar surface area (TPSA) is 32.3 Å². The highest BCUT2D eigenvalue weighted by molar-refractivity contribution is 6.31. The summed E-state index contributed by atoms with van der Waals surface area (Å²) >= 11 is 12.3. The third kappa shape index (κ3) is 5.10. The summed E-state index contributed by atoms with van der Waals surface area (Å²) in [4.78, 5) is 14.7. The minimum absolute atomic E-state index is 0.387. The van der Waals surface area contributed by atoms with Crippen LogP contribution in [0.5, 0.6) is 0 Å². The molecule has 0 spiro atoms. The Bertz CT molecular complexity index is 1240. The van der Waals surface area contributed by atoms with Crippen LogP contribution in [0.4, 0.5) is 5.82 Å². The third-order valence-corrected chi connectivity index (χ3v) is 6.90. The lowest BCUT2D eigenvalue weighted by molar-refractivity contribution is 0.326. The number of halogens is 2. The van der Waals surface area contributed by atoms with Gasteiger partial charge in [0.1, 0.15) is 5.82 Å². The minimum Gasteiger partial charge on any atom is -0.354 e. The Morgan fingerprint density at radius 1 is 0.853 bits per heavy atom. The van der Waals surface area contributed by atoms with Crippen molar-refractivity contribution in [3.05, 3.63) is 101 Å². The molecule has 1 saturated heterocycles. The number of aromatic nitrogens is 2. The highest BCUT2D eigenvalue weighted by Gasteiger charge is 2.27. The summed E-state index contributed by atoms with van der Waals surface area (Å²) in [6, 6.07) is 26.5. The van der Waals surface area contributed by atoms with Crippen LogP contribution in [0.3, 0.4) is 0 Å². The maximum Gasteiger partial charge on any atom is 0.147 e. The minimum atomic E-state index is 0.387. The van der Waals surface area contributed by atoms with Crippen molar-refractivity contribution < 1.29 is 0 Å².